The fraction of sp³-hybridized carbons (Fsp3) is 0.400. The molecular weight excluding hydrogens is 323 g/mol. The highest BCUT2D eigenvalue weighted by Gasteiger charge is 2.38. The number of rotatable bonds is 1. The molecule has 1 aromatic carbocycles. The number of aromatic nitrogens is 3. The third-order valence-electron chi connectivity index (χ3n) is 4.38. The van der Waals surface area contributed by atoms with Gasteiger partial charge in [0.15, 0.2) is 0 Å². The lowest BCUT2D eigenvalue weighted by atomic mass is 9.99. The zero-order chi connectivity index (χ0) is 16.0. The van der Waals surface area contributed by atoms with Gasteiger partial charge >= 0.3 is 0 Å². The van der Waals surface area contributed by atoms with E-state index in [2.05, 4.69) is 10.3 Å². The number of likely N-dealkylation sites (tertiary alicyclic amines) is 1. The quantitative estimate of drug-likeness (QED) is 0.799. The largest absolute Gasteiger partial charge is 0.370 e. The first kappa shape index (κ1) is 14.6. The highest BCUT2D eigenvalue weighted by atomic mass is 35.5. The van der Waals surface area contributed by atoms with E-state index in [4.69, 9.17) is 16.3 Å². The molecule has 0 saturated carbocycles. The van der Waals surface area contributed by atoms with Crippen molar-refractivity contribution < 1.29 is 13.9 Å². The lowest BCUT2D eigenvalue weighted by molar-refractivity contribution is -0.0605. The van der Waals surface area contributed by atoms with Gasteiger partial charge in [-0.25, -0.2) is 9.07 Å². The zero-order valence-corrected chi connectivity index (χ0v) is 12.9. The van der Waals surface area contributed by atoms with Crippen LogP contribution in [0.2, 0.25) is 5.02 Å². The predicted molar refractivity (Wildman–Crippen MR) is 79.6 cm³/mol. The van der Waals surface area contributed by atoms with E-state index >= 15 is 0 Å². The van der Waals surface area contributed by atoms with Crippen LogP contribution in [0, 0.1) is 5.82 Å². The van der Waals surface area contributed by atoms with Gasteiger partial charge in [0.25, 0.3) is 5.91 Å². The number of nitrogens with zero attached hydrogens (tertiary/aromatic N) is 4. The second-order valence-electron chi connectivity index (χ2n) is 5.75. The van der Waals surface area contributed by atoms with Crippen LogP contribution < -0.4 is 0 Å². The first-order valence-electron chi connectivity index (χ1n) is 7.38. The maximum absolute atomic E-state index is 14.0. The number of fused-ring (bicyclic) bond motifs is 3. The van der Waals surface area contributed by atoms with Gasteiger partial charge in [0.05, 0.1) is 36.2 Å². The third-order valence-corrected chi connectivity index (χ3v) is 4.61. The molecule has 1 amide bonds. The minimum atomic E-state index is -0.606. The van der Waals surface area contributed by atoms with Crippen LogP contribution >= 0.6 is 11.6 Å². The van der Waals surface area contributed by atoms with Crippen LogP contribution in [0.3, 0.4) is 0 Å². The third kappa shape index (κ3) is 2.49. The molecule has 0 N–H and O–H groups in total. The lowest BCUT2D eigenvalue weighted by Gasteiger charge is -2.41. The average molecular weight is 337 g/mol. The molecule has 0 aliphatic carbocycles. The molecule has 1 fully saturated rings. The van der Waals surface area contributed by atoms with Crippen LogP contribution in [0.25, 0.3) is 0 Å². The molecule has 6 nitrogen and oxygen atoms in total. The van der Waals surface area contributed by atoms with Crippen molar-refractivity contribution in [1.82, 2.24) is 19.9 Å². The van der Waals surface area contributed by atoms with Gasteiger partial charge in [-0.2, -0.15) is 0 Å². The van der Waals surface area contributed by atoms with Crippen molar-refractivity contribution in [2.24, 2.45) is 0 Å². The molecule has 2 atom stereocenters. The Bertz CT molecular complexity index is 766. The van der Waals surface area contributed by atoms with Gasteiger partial charge < -0.3 is 9.64 Å². The summed E-state index contributed by atoms with van der Waals surface area (Å²) < 4.78 is 21.6. The summed E-state index contributed by atoms with van der Waals surface area (Å²) in [5.41, 5.74) is 0.918. The molecular formula is C15H14ClFN4O2. The van der Waals surface area contributed by atoms with Gasteiger partial charge in [-0.3, -0.25) is 4.79 Å². The van der Waals surface area contributed by atoms with Crippen molar-refractivity contribution in [3.05, 3.63) is 46.5 Å². The molecule has 2 aromatic rings. The maximum Gasteiger partial charge on any atom is 0.256 e. The second-order valence-corrected chi connectivity index (χ2v) is 6.19. The zero-order valence-electron chi connectivity index (χ0n) is 12.2. The van der Waals surface area contributed by atoms with E-state index in [1.165, 1.54) is 12.1 Å². The first-order valence-corrected chi connectivity index (χ1v) is 7.76. The Hall–Kier alpha value is -1.99. The number of benzene rings is 1. The number of amides is 1. The summed E-state index contributed by atoms with van der Waals surface area (Å²) in [5, 5.41) is 8.26. The van der Waals surface area contributed by atoms with Gasteiger partial charge in [0, 0.05) is 18.1 Å². The van der Waals surface area contributed by atoms with Gasteiger partial charge in [-0.05, 0) is 24.6 Å². The molecule has 120 valence electrons. The smallest absolute Gasteiger partial charge is 0.256 e. The Kier molecular flexibility index (Phi) is 3.54. The average Bonchev–Trinajstić information content (AvgIpc) is 3.03. The van der Waals surface area contributed by atoms with E-state index in [1.54, 1.807) is 11.1 Å². The molecule has 0 bridgehead atoms. The first-order chi connectivity index (χ1) is 11.1. The van der Waals surface area contributed by atoms with Crippen LogP contribution in [-0.4, -0.2) is 45.0 Å². The molecule has 3 heterocycles. The molecule has 8 heteroatoms. The summed E-state index contributed by atoms with van der Waals surface area (Å²) in [6.45, 7) is 1.42. The number of hydrogen-bond donors (Lipinski definition) is 0. The molecule has 2 aliphatic heterocycles. The normalized spacial score (nSPS) is 23.3. The Morgan fingerprint density at radius 1 is 1.43 bits per heavy atom. The van der Waals surface area contributed by atoms with E-state index in [0.29, 0.717) is 26.1 Å². The fourth-order valence-electron chi connectivity index (χ4n) is 3.20. The van der Waals surface area contributed by atoms with Gasteiger partial charge in [-0.15, -0.1) is 5.10 Å². The molecule has 2 aliphatic rings. The Morgan fingerprint density at radius 3 is 3.13 bits per heavy atom. The number of ether oxygens (including phenoxy) is 1. The molecule has 0 spiro atoms. The van der Waals surface area contributed by atoms with Crippen molar-refractivity contribution >= 4 is 17.5 Å². The SMILES string of the molecule is O=C(c1ccc(Cl)cc1F)N1CC[C@H]2OCc3cnnn3[C@@H]2C1. The van der Waals surface area contributed by atoms with Crippen molar-refractivity contribution in [2.75, 3.05) is 13.1 Å². The van der Waals surface area contributed by atoms with Gasteiger partial charge in [-0.1, -0.05) is 16.8 Å². The summed E-state index contributed by atoms with van der Waals surface area (Å²) in [5.74, 6) is -0.948. The summed E-state index contributed by atoms with van der Waals surface area (Å²) >= 11 is 5.74. The van der Waals surface area contributed by atoms with Crippen LogP contribution in [0.1, 0.15) is 28.5 Å². The molecule has 0 radical (unpaired) electrons. The Labute approximate surface area is 136 Å². The van der Waals surface area contributed by atoms with Crippen LogP contribution in [0.4, 0.5) is 4.39 Å². The van der Waals surface area contributed by atoms with Crippen LogP contribution in [0.15, 0.2) is 24.4 Å². The molecule has 1 aromatic heterocycles. The van der Waals surface area contributed by atoms with E-state index in [1.807, 2.05) is 4.68 Å². The summed E-state index contributed by atoms with van der Waals surface area (Å²) in [7, 11) is 0. The van der Waals surface area contributed by atoms with Crippen LogP contribution in [-0.2, 0) is 11.3 Å². The highest BCUT2D eigenvalue weighted by molar-refractivity contribution is 6.30. The van der Waals surface area contributed by atoms with E-state index in [-0.39, 0.29) is 28.6 Å². The lowest BCUT2D eigenvalue weighted by Crippen LogP contribution is -2.50. The van der Waals surface area contributed by atoms with Crippen molar-refractivity contribution in [1.29, 1.82) is 0 Å². The minimum Gasteiger partial charge on any atom is -0.370 e. The number of carbonyl (C=O) groups excluding carboxylic acids is 1. The van der Waals surface area contributed by atoms with Gasteiger partial charge in [0.1, 0.15) is 5.82 Å². The molecule has 1 saturated heterocycles. The topological polar surface area (TPSA) is 60.3 Å². The molecule has 23 heavy (non-hydrogen) atoms. The van der Waals surface area contributed by atoms with Crippen molar-refractivity contribution in [3.8, 4) is 0 Å². The summed E-state index contributed by atoms with van der Waals surface area (Å²) in [6.07, 6.45) is 2.35. The summed E-state index contributed by atoms with van der Waals surface area (Å²) in [6, 6.07) is 4.00. The number of hydrogen-bond acceptors (Lipinski definition) is 4. The monoisotopic (exact) mass is 336 g/mol. The number of carbonyl (C=O) groups is 1. The standard InChI is InChI=1S/C15H14ClFN4O2/c16-9-1-2-11(12(17)5-9)15(22)20-4-3-14-13(7-20)21-10(8-23-14)6-18-19-21/h1-2,5-6,13-14H,3-4,7-8H2/t13-,14-/m1/s1. The highest BCUT2D eigenvalue weighted by Crippen LogP contribution is 2.31. The Morgan fingerprint density at radius 2 is 2.30 bits per heavy atom. The maximum atomic E-state index is 14.0. The number of halogens is 2. The van der Waals surface area contributed by atoms with Crippen molar-refractivity contribution in [3.63, 3.8) is 0 Å². The minimum absolute atomic E-state index is 0.00307. The van der Waals surface area contributed by atoms with E-state index in [0.717, 1.165) is 11.8 Å². The molecule has 0 unspecified atom stereocenters. The summed E-state index contributed by atoms with van der Waals surface area (Å²) in [4.78, 5) is 14.2. The van der Waals surface area contributed by atoms with E-state index < -0.39 is 5.82 Å². The van der Waals surface area contributed by atoms with Crippen molar-refractivity contribution in [2.45, 2.75) is 25.2 Å². The second kappa shape index (κ2) is 5.58. The fourth-order valence-corrected chi connectivity index (χ4v) is 3.36. The van der Waals surface area contributed by atoms with E-state index in [9.17, 15) is 9.18 Å². The molecule has 4 rings (SSSR count). The Balaban J connectivity index is 1.59. The predicted octanol–water partition coefficient (Wildman–Crippen LogP) is 2.06. The number of piperidine rings is 1. The van der Waals surface area contributed by atoms with Gasteiger partial charge in [0.2, 0.25) is 0 Å². The van der Waals surface area contributed by atoms with Crippen LogP contribution in [0.5, 0.6) is 0 Å².